The number of rotatable bonds is 4. The topological polar surface area (TPSA) is 88.2 Å². The number of carbonyl (C=O) groups is 1. The van der Waals surface area contributed by atoms with Crippen molar-refractivity contribution < 1.29 is 9.90 Å². The van der Waals surface area contributed by atoms with Crippen LogP contribution in [0.3, 0.4) is 0 Å². The fourth-order valence-electron chi connectivity index (χ4n) is 1.49. The molecule has 1 amide bonds. The van der Waals surface area contributed by atoms with Crippen LogP contribution in [0.5, 0.6) is 5.75 Å². The average Bonchev–Trinajstić information content (AvgIpc) is 2.46. The largest absolute Gasteiger partial charge is 0.507 e. The number of para-hydroxylation sites is 1. The molecule has 0 aliphatic rings. The number of nitrogen functional groups attached to an aromatic ring is 1. The quantitative estimate of drug-likeness (QED) is 0.342. The van der Waals surface area contributed by atoms with Crippen LogP contribution < -0.4 is 11.3 Å². The molecule has 0 saturated heterocycles. The third-order valence-electron chi connectivity index (χ3n) is 2.41. The van der Waals surface area contributed by atoms with E-state index < -0.39 is 5.91 Å². The zero-order valence-electron chi connectivity index (χ0n) is 10.0. The summed E-state index contributed by atoms with van der Waals surface area (Å²) >= 11 is 1.45. The molecular weight excluding hydrogens is 262 g/mol. The number of hydrogen-bond donors (Lipinski definition) is 3. The Balaban J connectivity index is 2.08. The van der Waals surface area contributed by atoms with Crippen molar-refractivity contribution in [1.82, 2.24) is 10.4 Å². The van der Waals surface area contributed by atoms with Gasteiger partial charge in [-0.15, -0.1) is 11.8 Å². The fraction of sp³-hybridized carbons (Fsp3) is 0.0769. The first kappa shape index (κ1) is 13.4. The highest BCUT2D eigenvalue weighted by molar-refractivity contribution is 7.98. The maximum Gasteiger partial charge on any atom is 0.283 e. The van der Waals surface area contributed by atoms with Crippen LogP contribution >= 0.6 is 11.8 Å². The summed E-state index contributed by atoms with van der Waals surface area (Å²) in [6.45, 7) is 0. The number of nitrogens with zero attached hydrogens (tertiary/aromatic N) is 1. The Labute approximate surface area is 114 Å². The van der Waals surface area contributed by atoms with Gasteiger partial charge in [0, 0.05) is 10.6 Å². The highest BCUT2D eigenvalue weighted by Crippen LogP contribution is 2.29. The van der Waals surface area contributed by atoms with E-state index in [0.717, 1.165) is 10.6 Å². The molecule has 1 heterocycles. The van der Waals surface area contributed by atoms with Gasteiger partial charge in [0.05, 0.1) is 5.69 Å². The summed E-state index contributed by atoms with van der Waals surface area (Å²) in [5.74, 6) is 5.44. The Morgan fingerprint density at radius 1 is 1.26 bits per heavy atom. The van der Waals surface area contributed by atoms with Crippen LogP contribution in [0, 0.1) is 0 Å². The van der Waals surface area contributed by atoms with Crippen LogP contribution in [0.2, 0.25) is 0 Å². The first-order valence-electron chi connectivity index (χ1n) is 5.58. The van der Waals surface area contributed by atoms with Crippen molar-refractivity contribution in [2.75, 3.05) is 0 Å². The number of nitrogens with two attached hydrogens (primary N) is 1. The summed E-state index contributed by atoms with van der Waals surface area (Å²) in [6, 6.07) is 12.2. The lowest BCUT2D eigenvalue weighted by atomic mass is 10.3. The maximum atomic E-state index is 11.3. The monoisotopic (exact) mass is 275 g/mol. The van der Waals surface area contributed by atoms with E-state index in [2.05, 4.69) is 4.98 Å². The normalized spacial score (nSPS) is 10.2. The minimum Gasteiger partial charge on any atom is -0.507 e. The maximum absolute atomic E-state index is 11.3. The molecule has 0 saturated carbocycles. The van der Waals surface area contributed by atoms with E-state index in [1.54, 1.807) is 24.3 Å². The zero-order valence-corrected chi connectivity index (χ0v) is 10.9. The standard InChI is InChI=1S/C13H13N3O2S/c14-16-13(18)10-5-3-4-9(15-10)8-19-12-7-2-1-6-11(12)17/h1-7,17H,8,14H2,(H,16,18). The molecule has 1 aromatic heterocycles. The summed E-state index contributed by atoms with van der Waals surface area (Å²) in [4.78, 5) is 16.3. The Bertz CT molecular complexity index is 590. The molecule has 0 spiro atoms. The summed E-state index contributed by atoms with van der Waals surface area (Å²) in [5.41, 5.74) is 3.06. The number of phenolic OH excluding ortho intramolecular Hbond substituents is 1. The highest BCUT2D eigenvalue weighted by Gasteiger charge is 2.07. The van der Waals surface area contributed by atoms with Gasteiger partial charge in [0.25, 0.3) is 5.91 Å². The second-order valence-corrected chi connectivity index (χ2v) is 4.76. The Hall–Kier alpha value is -2.05. The first-order valence-corrected chi connectivity index (χ1v) is 6.57. The number of hydrogen-bond acceptors (Lipinski definition) is 5. The van der Waals surface area contributed by atoms with Gasteiger partial charge in [0.15, 0.2) is 0 Å². The molecule has 0 radical (unpaired) electrons. The van der Waals surface area contributed by atoms with Gasteiger partial charge in [-0.25, -0.2) is 10.8 Å². The lowest BCUT2D eigenvalue weighted by Crippen LogP contribution is -2.30. The minimum atomic E-state index is -0.422. The number of aromatic hydroxyl groups is 1. The molecule has 2 rings (SSSR count). The van der Waals surface area contributed by atoms with Crippen molar-refractivity contribution in [2.45, 2.75) is 10.6 Å². The molecule has 0 aliphatic carbocycles. The van der Waals surface area contributed by atoms with Gasteiger partial charge in [0.1, 0.15) is 11.4 Å². The fourth-order valence-corrected chi connectivity index (χ4v) is 2.35. The van der Waals surface area contributed by atoms with Crippen LogP contribution in [-0.4, -0.2) is 16.0 Å². The second kappa shape index (κ2) is 6.21. The van der Waals surface area contributed by atoms with E-state index >= 15 is 0 Å². The molecule has 98 valence electrons. The predicted molar refractivity (Wildman–Crippen MR) is 73.6 cm³/mol. The first-order chi connectivity index (χ1) is 9.20. The number of thioether (sulfide) groups is 1. The Morgan fingerprint density at radius 2 is 2.05 bits per heavy atom. The number of hydrazine groups is 1. The van der Waals surface area contributed by atoms with Crippen molar-refractivity contribution in [1.29, 1.82) is 0 Å². The molecule has 0 atom stereocenters. The smallest absolute Gasteiger partial charge is 0.283 e. The van der Waals surface area contributed by atoms with Crippen molar-refractivity contribution >= 4 is 17.7 Å². The van der Waals surface area contributed by atoms with E-state index in [4.69, 9.17) is 5.84 Å². The number of carbonyl (C=O) groups excluding carboxylic acids is 1. The van der Waals surface area contributed by atoms with Gasteiger partial charge in [0.2, 0.25) is 0 Å². The highest BCUT2D eigenvalue weighted by atomic mass is 32.2. The van der Waals surface area contributed by atoms with E-state index in [9.17, 15) is 9.90 Å². The van der Waals surface area contributed by atoms with Crippen molar-refractivity contribution in [3.63, 3.8) is 0 Å². The number of phenols is 1. The van der Waals surface area contributed by atoms with Gasteiger partial charge in [-0.2, -0.15) is 0 Å². The molecule has 0 bridgehead atoms. The molecule has 2 aromatic rings. The summed E-state index contributed by atoms with van der Waals surface area (Å²) in [6.07, 6.45) is 0. The number of amides is 1. The van der Waals surface area contributed by atoms with Gasteiger partial charge in [-0.1, -0.05) is 18.2 Å². The summed E-state index contributed by atoms with van der Waals surface area (Å²) < 4.78 is 0. The van der Waals surface area contributed by atoms with Crippen molar-refractivity contribution in [3.8, 4) is 5.75 Å². The van der Waals surface area contributed by atoms with Crippen LogP contribution in [0.4, 0.5) is 0 Å². The Kier molecular flexibility index (Phi) is 4.38. The number of nitrogens with one attached hydrogen (secondary N) is 1. The van der Waals surface area contributed by atoms with Crippen molar-refractivity contribution in [3.05, 3.63) is 53.9 Å². The molecule has 5 nitrogen and oxygen atoms in total. The molecule has 0 unspecified atom stereocenters. The molecule has 6 heteroatoms. The molecule has 19 heavy (non-hydrogen) atoms. The second-order valence-electron chi connectivity index (χ2n) is 3.74. The minimum absolute atomic E-state index is 0.239. The lowest BCUT2D eigenvalue weighted by molar-refractivity contribution is 0.0948. The third-order valence-corrected chi connectivity index (χ3v) is 3.51. The summed E-state index contributed by atoms with van der Waals surface area (Å²) in [5, 5.41) is 9.65. The van der Waals surface area contributed by atoms with E-state index in [-0.39, 0.29) is 11.4 Å². The van der Waals surface area contributed by atoms with Gasteiger partial charge in [-0.05, 0) is 24.3 Å². The molecular formula is C13H13N3O2S. The summed E-state index contributed by atoms with van der Waals surface area (Å²) in [7, 11) is 0. The molecule has 0 aliphatic heterocycles. The Morgan fingerprint density at radius 3 is 2.79 bits per heavy atom. The van der Waals surface area contributed by atoms with E-state index in [1.165, 1.54) is 11.8 Å². The van der Waals surface area contributed by atoms with Gasteiger partial charge >= 0.3 is 0 Å². The number of aromatic nitrogens is 1. The number of pyridine rings is 1. The average molecular weight is 275 g/mol. The van der Waals surface area contributed by atoms with Crippen LogP contribution in [0.15, 0.2) is 47.4 Å². The van der Waals surface area contributed by atoms with Crippen molar-refractivity contribution in [2.24, 2.45) is 5.84 Å². The zero-order chi connectivity index (χ0) is 13.7. The van der Waals surface area contributed by atoms with Gasteiger partial charge in [-0.3, -0.25) is 10.2 Å². The SMILES string of the molecule is NNC(=O)c1cccc(CSc2ccccc2O)n1. The lowest BCUT2D eigenvalue weighted by Gasteiger charge is -2.05. The van der Waals surface area contributed by atoms with E-state index in [1.807, 2.05) is 23.6 Å². The molecule has 4 N–H and O–H groups in total. The molecule has 1 aromatic carbocycles. The van der Waals surface area contributed by atoms with Gasteiger partial charge < -0.3 is 5.11 Å². The third kappa shape index (κ3) is 3.46. The van der Waals surface area contributed by atoms with Crippen LogP contribution in [-0.2, 0) is 5.75 Å². The van der Waals surface area contributed by atoms with E-state index in [0.29, 0.717) is 5.75 Å². The predicted octanol–water partition coefficient (Wildman–Crippen LogP) is 1.68. The van der Waals surface area contributed by atoms with Crippen LogP contribution in [0.25, 0.3) is 0 Å². The number of benzene rings is 1. The molecule has 0 fully saturated rings. The van der Waals surface area contributed by atoms with Crippen LogP contribution in [0.1, 0.15) is 16.2 Å².